The molecule has 0 saturated carbocycles. The molecule has 4 rings (SSSR count). The van der Waals surface area contributed by atoms with Crippen LogP contribution < -0.4 is 5.32 Å². The molecular weight excluding hydrogens is 416 g/mol. The lowest BCUT2D eigenvalue weighted by molar-refractivity contribution is -0.117. The molecule has 0 aliphatic carbocycles. The van der Waals surface area contributed by atoms with Crippen molar-refractivity contribution in [1.82, 2.24) is 15.0 Å². The van der Waals surface area contributed by atoms with E-state index in [4.69, 9.17) is 4.52 Å². The second-order valence-electron chi connectivity index (χ2n) is 7.29. The molecule has 0 atom stereocenters. The van der Waals surface area contributed by atoms with Crippen molar-refractivity contribution in [2.24, 2.45) is 0 Å². The second-order valence-corrected chi connectivity index (χ2v) is 8.24. The summed E-state index contributed by atoms with van der Waals surface area (Å²) in [4.78, 5) is 42.5. The highest BCUT2D eigenvalue weighted by Crippen LogP contribution is 2.20. The Balaban J connectivity index is 1.35. The number of hydrogen-bond acceptors (Lipinski definition) is 7. The van der Waals surface area contributed by atoms with Crippen LogP contribution >= 0.6 is 11.3 Å². The molecule has 2 amide bonds. The van der Waals surface area contributed by atoms with Crippen LogP contribution in [0.3, 0.4) is 0 Å². The number of nitrogens with zero attached hydrogens (tertiary/aromatic N) is 3. The van der Waals surface area contributed by atoms with Gasteiger partial charge in [-0.05, 0) is 24.4 Å². The number of anilines is 1. The van der Waals surface area contributed by atoms with Crippen molar-refractivity contribution < 1.29 is 18.9 Å². The van der Waals surface area contributed by atoms with E-state index in [1.807, 2.05) is 16.3 Å². The number of ketones is 1. The molecule has 1 aliphatic rings. The highest BCUT2D eigenvalue weighted by Gasteiger charge is 2.26. The Hall–Kier alpha value is -3.30. The summed E-state index contributed by atoms with van der Waals surface area (Å²) in [5.41, 5.74) is 0.827. The van der Waals surface area contributed by atoms with E-state index < -0.39 is 0 Å². The van der Waals surface area contributed by atoms with Gasteiger partial charge in [0.15, 0.2) is 5.82 Å². The highest BCUT2D eigenvalue weighted by atomic mass is 32.1. The van der Waals surface area contributed by atoms with Crippen molar-refractivity contribution in [2.75, 3.05) is 38.0 Å². The van der Waals surface area contributed by atoms with Crippen LogP contribution in [0.15, 0.2) is 52.4 Å². The predicted molar refractivity (Wildman–Crippen MR) is 116 cm³/mol. The second kappa shape index (κ2) is 9.23. The van der Waals surface area contributed by atoms with Crippen molar-refractivity contribution >= 4 is 34.8 Å². The Morgan fingerprint density at radius 3 is 2.45 bits per heavy atom. The fourth-order valence-corrected chi connectivity index (χ4v) is 4.18. The van der Waals surface area contributed by atoms with Crippen LogP contribution in [0.5, 0.6) is 0 Å². The summed E-state index contributed by atoms with van der Waals surface area (Å²) in [7, 11) is 0. The third-order valence-corrected chi connectivity index (χ3v) is 5.94. The Morgan fingerprint density at radius 1 is 1.06 bits per heavy atom. The zero-order chi connectivity index (χ0) is 21.8. The quantitative estimate of drug-likeness (QED) is 0.595. The first-order chi connectivity index (χ1) is 15.0. The van der Waals surface area contributed by atoms with Crippen LogP contribution in [0, 0.1) is 6.92 Å². The van der Waals surface area contributed by atoms with Gasteiger partial charge in [-0.15, -0.1) is 11.3 Å². The van der Waals surface area contributed by atoms with Crippen LogP contribution in [0.2, 0.25) is 0 Å². The third-order valence-electron chi connectivity index (χ3n) is 5.07. The van der Waals surface area contributed by atoms with E-state index in [1.54, 1.807) is 48.2 Å². The molecule has 31 heavy (non-hydrogen) atoms. The lowest BCUT2D eigenvalue weighted by Gasteiger charge is -2.34. The van der Waals surface area contributed by atoms with Gasteiger partial charge in [-0.25, -0.2) is 0 Å². The molecule has 1 aliphatic heterocycles. The van der Waals surface area contributed by atoms with Crippen molar-refractivity contribution in [1.29, 1.82) is 0 Å². The number of benzene rings is 1. The minimum Gasteiger partial charge on any atom is -0.360 e. The van der Waals surface area contributed by atoms with Gasteiger partial charge in [0.05, 0.1) is 17.0 Å². The van der Waals surface area contributed by atoms with Gasteiger partial charge in [0.1, 0.15) is 5.76 Å². The Bertz CT molecular complexity index is 1080. The third kappa shape index (κ3) is 4.89. The smallest absolute Gasteiger partial charge is 0.254 e. The van der Waals surface area contributed by atoms with Crippen LogP contribution in [0.1, 0.15) is 31.4 Å². The molecule has 160 valence electrons. The molecule has 8 nitrogen and oxygen atoms in total. The lowest BCUT2D eigenvalue weighted by atomic mass is 10.0. The summed E-state index contributed by atoms with van der Waals surface area (Å²) >= 11 is 1.36. The maximum absolute atomic E-state index is 13.1. The molecule has 0 radical (unpaired) electrons. The normalized spacial score (nSPS) is 14.4. The molecule has 9 heteroatoms. The summed E-state index contributed by atoms with van der Waals surface area (Å²) in [5, 5.41) is 8.30. The number of piperazine rings is 1. The monoisotopic (exact) mass is 438 g/mol. The van der Waals surface area contributed by atoms with E-state index in [-0.39, 0.29) is 24.1 Å². The minimum atomic E-state index is -0.181. The van der Waals surface area contributed by atoms with Crippen molar-refractivity contribution in [2.45, 2.75) is 6.92 Å². The maximum atomic E-state index is 13.1. The van der Waals surface area contributed by atoms with Crippen molar-refractivity contribution in [3.8, 4) is 0 Å². The van der Waals surface area contributed by atoms with Gasteiger partial charge >= 0.3 is 0 Å². The van der Waals surface area contributed by atoms with Crippen LogP contribution in [-0.4, -0.2) is 65.3 Å². The number of aryl methyl sites for hydroxylation is 1. The fraction of sp³-hybridized carbons (Fsp3) is 0.273. The average Bonchev–Trinajstić information content (AvgIpc) is 3.45. The van der Waals surface area contributed by atoms with Gasteiger partial charge in [-0.1, -0.05) is 29.4 Å². The molecule has 2 aromatic heterocycles. The summed E-state index contributed by atoms with van der Waals surface area (Å²) in [6, 6.07) is 12.2. The Morgan fingerprint density at radius 2 is 1.81 bits per heavy atom. The molecular formula is C22H22N4O4S. The van der Waals surface area contributed by atoms with Crippen molar-refractivity contribution in [3.05, 3.63) is 69.6 Å². The predicted octanol–water partition coefficient (Wildman–Crippen LogP) is 2.67. The highest BCUT2D eigenvalue weighted by molar-refractivity contribution is 7.12. The van der Waals surface area contributed by atoms with Crippen molar-refractivity contribution in [3.63, 3.8) is 0 Å². The van der Waals surface area contributed by atoms with E-state index >= 15 is 0 Å². The SMILES string of the molecule is Cc1cc(NC(=O)CN2CCN(C(=O)c3ccccc3C(=O)c3cccs3)CC2)no1. The number of amides is 2. The largest absolute Gasteiger partial charge is 0.360 e. The lowest BCUT2D eigenvalue weighted by Crippen LogP contribution is -2.50. The molecule has 1 saturated heterocycles. The van der Waals surface area contributed by atoms with E-state index in [0.717, 1.165) is 0 Å². The van der Waals surface area contributed by atoms with Crippen LogP contribution in [-0.2, 0) is 4.79 Å². The number of aromatic nitrogens is 1. The van der Waals surface area contributed by atoms with Gasteiger partial charge < -0.3 is 14.7 Å². The first-order valence-corrected chi connectivity index (χ1v) is 10.8. The number of rotatable bonds is 6. The Labute approximate surface area is 183 Å². The van der Waals surface area contributed by atoms with E-state index in [1.165, 1.54) is 11.3 Å². The first kappa shape index (κ1) is 21.0. The van der Waals surface area contributed by atoms with Gasteiger partial charge in [-0.3, -0.25) is 19.3 Å². The molecule has 3 heterocycles. The van der Waals surface area contributed by atoms with Gasteiger partial charge in [-0.2, -0.15) is 0 Å². The van der Waals surface area contributed by atoms with Gasteiger partial charge in [0, 0.05) is 37.8 Å². The summed E-state index contributed by atoms with van der Waals surface area (Å²) in [6.45, 7) is 4.07. The van der Waals surface area contributed by atoms with Crippen LogP contribution in [0.25, 0.3) is 0 Å². The molecule has 0 unspecified atom stereocenters. The maximum Gasteiger partial charge on any atom is 0.254 e. The number of thiophene rings is 1. The van der Waals surface area contributed by atoms with Gasteiger partial charge in [0.2, 0.25) is 11.7 Å². The molecule has 3 aromatic rings. The summed E-state index contributed by atoms with van der Waals surface area (Å²) in [6.07, 6.45) is 0. The van der Waals surface area contributed by atoms with E-state index in [9.17, 15) is 14.4 Å². The molecule has 0 spiro atoms. The summed E-state index contributed by atoms with van der Waals surface area (Å²) in [5.74, 6) is 0.531. The number of nitrogens with one attached hydrogen (secondary N) is 1. The zero-order valence-corrected chi connectivity index (χ0v) is 17.9. The minimum absolute atomic E-state index is 0.141. The molecule has 1 N–H and O–H groups in total. The first-order valence-electron chi connectivity index (χ1n) is 9.93. The molecule has 1 fully saturated rings. The zero-order valence-electron chi connectivity index (χ0n) is 17.0. The standard InChI is InChI=1S/C22H22N4O4S/c1-15-13-19(24-30-15)23-20(27)14-25-8-10-26(11-9-25)22(29)17-6-3-2-5-16(17)21(28)18-7-4-12-31-18/h2-7,12-13H,8-11,14H2,1H3,(H,23,24,27). The van der Waals surface area contributed by atoms with Gasteiger partial charge in [0.25, 0.3) is 5.91 Å². The number of carbonyl (C=O) groups excluding carboxylic acids is 3. The topological polar surface area (TPSA) is 95.8 Å². The Kier molecular flexibility index (Phi) is 6.24. The van der Waals surface area contributed by atoms with E-state index in [2.05, 4.69) is 10.5 Å². The molecule has 0 bridgehead atoms. The number of hydrogen-bond donors (Lipinski definition) is 1. The fourth-order valence-electron chi connectivity index (χ4n) is 3.50. The average molecular weight is 439 g/mol. The number of carbonyl (C=O) groups is 3. The van der Waals surface area contributed by atoms with E-state index in [0.29, 0.717) is 53.8 Å². The molecule has 1 aromatic carbocycles. The summed E-state index contributed by atoms with van der Waals surface area (Å²) < 4.78 is 4.94. The van der Waals surface area contributed by atoms with Crippen LogP contribution in [0.4, 0.5) is 5.82 Å².